The average molecular weight is 488 g/mol. The van der Waals surface area contributed by atoms with Gasteiger partial charge in [-0.1, -0.05) is 0 Å². The van der Waals surface area contributed by atoms with Crippen molar-refractivity contribution in [3.63, 3.8) is 0 Å². The van der Waals surface area contributed by atoms with E-state index in [1.807, 2.05) is 18.2 Å². The number of hydrogen-bond acceptors (Lipinski definition) is 1. The van der Waals surface area contributed by atoms with Crippen LogP contribution in [0.5, 0.6) is 0 Å². The molecule has 0 aromatic heterocycles. The van der Waals surface area contributed by atoms with E-state index in [9.17, 15) is 4.79 Å². The monoisotopic (exact) mass is 490 g/mol. The van der Waals surface area contributed by atoms with E-state index in [4.69, 9.17) is 0 Å². The predicted octanol–water partition coefficient (Wildman–Crippen LogP) is 3.20. The third kappa shape index (κ3) is 5.80. The van der Waals surface area contributed by atoms with Gasteiger partial charge in [-0.3, -0.25) is 0 Å². The molecule has 0 unspecified atom stereocenters. The first-order valence-corrected chi connectivity index (χ1v) is 13.1. The molecule has 0 aliphatic carbocycles. The summed E-state index contributed by atoms with van der Waals surface area (Å²) in [6.45, 7) is 0. The molecule has 136 valence electrons. The second-order valence-corrected chi connectivity index (χ2v) is 12.1. The van der Waals surface area contributed by atoms with Crippen LogP contribution in [0.15, 0.2) is 121 Å². The average Bonchev–Trinajstić information content (AvgIpc) is 2.77. The van der Waals surface area contributed by atoms with Crippen LogP contribution in [0.25, 0.3) is 0 Å². The Kier molecular flexibility index (Phi) is 7.86. The summed E-state index contributed by atoms with van der Waals surface area (Å²) in [6, 6.07) is 41.9. The van der Waals surface area contributed by atoms with Gasteiger partial charge in [-0.25, -0.2) is 0 Å². The number of carbonyl (C=O) groups is 1. The standard InChI is InChI=1S/C18H15Ge.C7H5OSe/c1-4-10-16(11-5-1)19(17-12-6-2-7-13-17)18-14-8-3-9-15-18;8-7(9)6-4-2-1-3-5-6/h1-15H;1-5H. The van der Waals surface area contributed by atoms with Crippen LogP contribution in [0.2, 0.25) is 0 Å². The molecule has 4 aromatic carbocycles. The van der Waals surface area contributed by atoms with E-state index in [1.165, 1.54) is 13.2 Å². The molecule has 2 radical (unpaired) electrons. The second kappa shape index (κ2) is 10.8. The third-order valence-corrected chi connectivity index (χ3v) is 10.4. The molecule has 0 N–H and O–H groups in total. The van der Waals surface area contributed by atoms with Crippen LogP contribution in [-0.4, -0.2) is 35.0 Å². The van der Waals surface area contributed by atoms with Gasteiger partial charge in [0.05, 0.1) is 0 Å². The molecule has 0 saturated carbocycles. The van der Waals surface area contributed by atoms with E-state index < -0.39 is 14.3 Å². The number of benzene rings is 4. The third-order valence-electron chi connectivity index (χ3n) is 4.20. The first-order chi connectivity index (χ1) is 13.8. The zero-order valence-corrected chi connectivity index (χ0v) is 19.2. The zero-order valence-electron chi connectivity index (χ0n) is 15.4. The Morgan fingerprint density at radius 3 is 1.04 bits per heavy atom. The molecule has 4 rings (SSSR count). The molecule has 0 amide bonds. The molecular weight excluding hydrogens is 468 g/mol. The normalized spacial score (nSPS) is 10.0. The Morgan fingerprint density at radius 1 is 0.500 bits per heavy atom. The van der Waals surface area contributed by atoms with Gasteiger partial charge < -0.3 is 0 Å². The molecule has 28 heavy (non-hydrogen) atoms. The van der Waals surface area contributed by atoms with Crippen LogP contribution >= 0.6 is 0 Å². The number of rotatable bonds is 4. The maximum absolute atomic E-state index is 10.6. The van der Waals surface area contributed by atoms with Crippen molar-refractivity contribution in [3.8, 4) is 0 Å². The topological polar surface area (TPSA) is 17.1 Å². The molecule has 0 fully saturated rings. The fourth-order valence-corrected chi connectivity index (χ4v) is 8.58. The second-order valence-electron chi connectivity index (χ2n) is 6.13. The Balaban J connectivity index is 0.000000211. The van der Waals surface area contributed by atoms with Crippen LogP contribution in [0.4, 0.5) is 0 Å². The predicted molar refractivity (Wildman–Crippen MR) is 121 cm³/mol. The van der Waals surface area contributed by atoms with Crippen molar-refractivity contribution >= 4 is 48.2 Å². The molecule has 3 heteroatoms. The van der Waals surface area contributed by atoms with Gasteiger partial charge >= 0.3 is 180 Å². The van der Waals surface area contributed by atoms with Crippen LogP contribution in [0, 0.1) is 0 Å². The van der Waals surface area contributed by atoms with Crippen molar-refractivity contribution < 1.29 is 4.79 Å². The van der Waals surface area contributed by atoms with Crippen LogP contribution in [0.1, 0.15) is 10.4 Å². The van der Waals surface area contributed by atoms with E-state index in [0.717, 1.165) is 5.56 Å². The molecule has 4 aromatic rings. The van der Waals surface area contributed by atoms with Gasteiger partial charge in [-0.2, -0.15) is 0 Å². The van der Waals surface area contributed by atoms with Crippen molar-refractivity contribution in [1.82, 2.24) is 0 Å². The van der Waals surface area contributed by atoms with Crippen LogP contribution in [-0.2, 0) is 0 Å². The first-order valence-electron chi connectivity index (χ1n) is 9.05. The van der Waals surface area contributed by atoms with Gasteiger partial charge in [0.15, 0.2) is 0 Å². The molecule has 0 bridgehead atoms. The maximum atomic E-state index is 10.6. The fraction of sp³-hybridized carbons (Fsp3) is 0. The summed E-state index contributed by atoms with van der Waals surface area (Å²) in [7, 11) is 0. The van der Waals surface area contributed by atoms with E-state index in [1.54, 1.807) is 12.1 Å². The van der Waals surface area contributed by atoms with Gasteiger partial charge in [-0.15, -0.1) is 0 Å². The summed E-state index contributed by atoms with van der Waals surface area (Å²) in [6.07, 6.45) is 0. The Bertz CT molecular complexity index is 880. The van der Waals surface area contributed by atoms with E-state index >= 15 is 0 Å². The summed E-state index contributed by atoms with van der Waals surface area (Å²) >= 11 is 0.785. The fourth-order valence-electron chi connectivity index (χ4n) is 2.89. The quantitative estimate of drug-likeness (QED) is 0.404. The van der Waals surface area contributed by atoms with Crippen molar-refractivity contribution in [2.45, 2.75) is 0 Å². The summed E-state index contributed by atoms with van der Waals surface area (Å²) in [5.74, 6) is 0. The minimum absolute atomic E-state index is 0.00407. The summed E-state index contributed by atoms with van der Waals surface area (Å²) in [5, 5.41) is 0. The number of carbonyl (C=O) groups excluding carboxylic acids is 1. The van der Waals surface area contributed by atoms with Crippen molar-refractivity contribution in [2.75, 3.05) is 0 Å². The first kappa shape index (κ1) is 20.3. The van der Waals surface area contributed by atoms with Crippen LogP contribution < -0.4 is 13.2 Å². The van der Waals surface area contributed by atoms with Crippen LogP contribution in [0.3, 0.4) is 0 Å². The molecule has 0 atom stereocenters. The molecule has 0 heterocycles. The van der Waals surface area contributed by atoms with E-state index in [0.29, 0.717) is 0 Å². The molecule has 0 saturated heterocycles. The minimum atomic E-state index is -1.63. The Morgan fingerprint density at radius 2 is 0.786 bits per heavy atom. The number of hydrogen-bond donors (Lipinski definition) is 0. The van der Waals surface area contributed by atoms with Gasteiger partial charge in [0.25, 0.3) is 0 Å². The molecule has 1 nitrogen and oxygen atoms in total. The molecule has 0 aliphatic rings. The van der Waals surface area contributed by atoms with E-state index in [2.05, 4.69) is 107 Å². The van der Waals surface area contributed by atoms with Crippen molar-refractivity contribution in [2.24, 2.45) is 0 Å². The molecule has 0 aliphatic heterocycles. The summed E-state index contributed by atoms with van der Waals surface area (Å²) in [5.41, 5.74) is 0.720. The summed E-state index contributed by atoms with van der Waals surface area (Å²) < 4.78 is 4.50. The molecule has 0 spiro atoms. The summed E-state index contributed by atoms with van der Waals surface area (Å²) in [4.78, 5) is 10.6. The van der Waals surface area contributed by atoms with Crippen molar-refractivity contribution in [3.05, 3.63) is 127 Å². The van der Waals surface area contributed by atoms with E-state index in [-0.39, 0.29) is 4.68 Å². The van der Waals surface area contributed by atoms with Gasteiger partial charge in [0.1, 0.15) is 0 Å². The zero-order chi connectivity index (χ0) is 19.6. The molecular formula is C25H20GeOSe. The van der Waals surface area contributed by atoms with Crippen molar-refractivity contribution in [1.29, 1.82) is 0 Å². The van der Waals surface area contributed by atoms with Gasteiger partial charge in [0.2, 0.25) is 0 Å². The Hall–Kier alpha value is -2.39. The Labute approximate surface area is 179 Å². The van der Waals surface area contributed by atoms with Gasteiger partial charge in [-0.05, 0) is 0 Å². The SMILES string of the molecule is O=C([Se])c1ccccc1.c1cc[c]([Ge]([c]2ccccc2)[c]2ccccc2)cc1. The van der Waals surface area contributed by atoms with Gasteiger partial charge in [0, 0.05) is 0 Å².